The molecule has 0 saturated carbocycles. The molecule has 39 heavy (non-hydrogen) atoms. The number of thiophene rings is 1. The summed E-state index contributed by atoms with van der Waals surface area (Å²) in [6, 6.07) is 21.7. The van der Waals surface area contributed by atoms with Gasteiger partial charge in [-0.15, -0.1) is 11.3 Å². The minimum atomic E-state index is -3.77. The molecule has 0 radical (unpaired) electrons. The molecular weight excluding hydrogens is 534 g/mol. The molecule has 0 bridgehead atoms. The molecule has 5 rings (SSSR count). The lowest BCUT2D eigenvalue weighted by molar-refractivity contribution is 0.0751. The number of ether oxygens (including phenoxy) is 2. The predicted octanol–water partition coefficient (Wildman–Crippen LogP) is 5.10. The number of rotatable bonds is 8. The first-order valence-corrected chi connectivity index (χ1v) is 15.0. The fourth-order valence-corrected chi connectivity index (χ4v) is 7.33. The number of carbonyl (C=O) groups is 1. The number of para-hydroxylation sites is 2. The van der Waals surface area contributed by atoms with Crippen LogP contribution in [0.15, 0.2) is 77.7 Å². The molecule has 204 valence electrons. The van der Waals surface area contributed by atoms with E-state index in [-0.39, 0.29) is 17.3 Å². The first-order valence-electron chi connectivity index (χ1n) is 12.7. The number of piperazine rings is 1. The van der Waals surface area contributed by atoms with Gasteiger partial charge in [0, 0.05) is 37.4 Å². The maximum Gasteiger partial charge on any atom is 0.264 e. The van der Waals surface area contributed by atoms with E-state index in [4.69, 9.17) is 9.47 Å². The zero-order chi connectivity index (χ0) is 27.6. The Morgan fingerprint density at radius 1 is 0.923 bits per heavy atom. The predicted molar refractivity (Wildman–Crippen MR) is 156 cm³/mol. The topological polar surface area (TPSA) is 79.4 Å². The quantitative estimate of drug-likeness (QED) is 0.296. The normalized spacial score (nSPS) is 13.9. The van der Waals surface area contributed by atoms with Crippen molar-refractivity contribution in [2.75, 3.05) is 56.1 Å². The number of anilines is 2. The molecule has 0 atom stereocenters. The van der Waals surface area contributed by atoms with Gasteiger partial charge >= 0.3 is 0 Å². The second-order valence-electron chi connectivity index (χ2n) is 9.13. The van der Waals surface area contributed by atoms with E-state index in [1.54, 1.807) is 51.5 Å². The van der Waals surface area contributed by atoms with Crippen molar-refractivity contribution in [2.45, 2.75) is 11.8 Å². The number of benzene rings is 3. The van der Waals surface area contributed by atoms with E-state index in [9.17, 15) is 13.2 Å². The summed E-state index contributed by atoms with van der Waals surface area (Å²) in [6.45, 7) is 4.73. The molecule has 1 aliphatic heterocycles. The molecule has 1 aromatic heterocycles. The summed E-state index contributed by atoms with van der Waals surface area (Å²) in [6.07, 6.45) is 0. The Balaban J connectivity index is 1.33. The Kier molecular flexibility index (Phi) is 7.67. The van der Waals surface area contributed by atoms with Gasteiger partial charge in [-0.2, -0.15) is 0 Å². The van der Waals surface area contributed by atoms with E-state index in [2.05, 4.69) is 4.90 Å². The average molecular weight is 566 g/mol. The van der Waals surface area contributed by atoms with Crippen molar-refractivity contribution in [3.05, 3.63) is 77.7 Å². The molecule has 1 amide bonds. The second kappa shape index (κ2) is 11.2. The summed E-state index contributed by atoms with van der Waals surface area (Å²) in [5.41, 5.74) is 1.59. The third kappa shape index (κ3) is 5.26. The Labute approximate surface area is 233 Å². The average Bonchev–Trinajstić information content (AvgIpc) is 3.41. The van der Waals surface area contributed by atoms with Crippen LogP contribution in [0.4, 0.5) is 11.4 Å². The summed E-state index contributed by atoms with van der Waals surface area (Å²) in [4.78, 5) is 18.3. The molecule has 1 saturated heterocycles. The first-order chi connectivity index (χ1) is 18.8. The zero-order valence-corrected chi connectivity index (χ0v) is 23.8. The molecule has 0 unspecified atom stereocenters. The van der Waals surface area contributed by atoms with E-state index in [1.807, 2.05) is 47.4 Å². The summed E-state index contributed by atoms with van der Waals surface area (Å²) in [7, 11) is -0.558. The van der Waals surface area contributed by atoms with Gasteiger partial charge in [0.1, 0.15) is 11.5 Å². The van der Waals surface area contributed by atoms with E-state index in [1.165, 1.54) is 15.6 Å². The molecular formula is C29H31N3O5S2. The molecule has 8 nitrogen and oxygen atoms in total. The van der Waals surface area contributed by atoms with Gasteiger partial charge in [-0.05, 0) is 73.0 Å². The van der Waals surface area contributed by atoms with E-state index in [0.29, 0.717) is 29.4 Å². The highest BCUT2D eigenvalue weighted by Gasteiger charge is 2.26. The molecule has 4 aromatic rings. The van der Waals surface area contributed by atoms with Gasteiger partial charge < -0.3 is 19.3 Å². The van der Waals surface area contributed by atoms with Gasteiger partial charge in [0.15, 0.2) is 0 Å². The highest BCUT2D eigenvalue weighted by Crippen LogP contribution is 2.33. The monoisotopic (exact) mass is 565 g/mol. The number of hydrogen-bond acceptors (Lipinski definition) is 7. The van der Waals surface area contributed by atoms with Crippen molar-refractivity contribution >= 4 is 48.7 Å². The highest BCUT2D eigenvalue weighted by atomic mass is 32.2. The number of sulfonamides is 1. The Morgan fingerprint density at radius 2 is 1.64 bits per heavy atom. The lowest BCUT2D eigenvalue weighted by Crippen LogP contribution is -2.48. The molecule has 1 aliphatic rings. The minimum absolute atomic E-state index is 0.00405. The molecule has 0 aliphatic carbocycles. The SMILES string of the molecule is CCN(c1ccc2sc(C(=O)N3CCN(c4ccccc4OC)CC3)cc2c1)S(=O)(=O)c1ccc(OC)cc1. The van der Waals surface area contributed by atoms with Crippen molar-refractivity contribution in [3.63, 3.8) is 0 Å². The lowest BCUT2D eigenvalue weighted by atomic mass is 10.2. The first kappa shape index (κ1) is 26.8. The smallest absolute Gasteiger partial charge is 0.264 e. The zero-order valence-electron chi connectivity index (χ0n) is 22.2. The molecule has 0 N–H and O–H groups in total. The second-order valence-corrected chi connectivity index (χ2v) is 12.1. The van der Waals surface area contributed by atoms with E-state index < -0.39 is 10.0 Å². The van der Waals surface area contributed by atoms with Crippen LogP contribution >= 0.6 is 11.3 Å². The maximum absolute atomic E-state index is 13.4. The van der Waals surface area contributed by atoms with Crippen molar-refractivity contribution in [1.82, 2.24) is 4.90 Å². The third-order valence-electron chi connectivity index (χ3n) is 6.93. The van der Waals surface area contributed by atoms with Crippen molar-refractivity contribution in [1.29, 1.82) is 0 Å². The largest absolute Gasteiger partial charge is 0.497 e. The highest BCUT2D eigenvalue weighted by molar-refractivity contribution is 7.92. The fourth-order valence-electron chi connectivity index (χ4n) is 4.85. The molecule has 2 heterocycles. The van der Waals surface area contributed by atoms with Gasteiger partial charge in [0.25, 0.3) is 15.9 Å². The van der Waals surface area contributed by atoms with Gasteiger partial charge in [0.2, 0.25) is 0 Å². The Morgan fingerprint density at radius 3 is 2.31 bits per heavy atom. The van der Waals surface area contributed by atoms with Gasteiger partial charge in [-0.3, -0.25) is 9.10 Å². The summed E-state index contributed by atoms with van der Waals surface area (Å²) < 4.78 is 39.8. The fraction of sp³-hybridized carbons (Fsp3) is 0.276. The molecule has 1 fully saturated rings. The van der Waals surface area contributed by atoms with Crippen LogP contribution in [0.25, 0.3) is 10.1 Å². The van der Waals surface area contributed by atoms with Gasteiger partial charge in [-0.25, -0.2) is 8.42 Å². The molecule has 0 spiro atoms. The maximum atomic E-state index is 13.4. The van der Waals surface area contributed by atoms with Crippen LogP contribution in [-0.2, 0) is 10.0 Å². The number of fused-ring (bicyclic) bond motifs is 1. The number of amides is 1. The van der Waals surface area contributed by atoms with E-state index >= 15 is 0 Å². The number of methoxy groups -OCH3 is 2. The standard InChI is InChI=1S/C29H31N3O5S2/c1-4-32(39(34,35)24-12-10-23(36-2)11-13-24)22-9-14-27-21(19-22)20-28(38-27)29(33)31-17-15-30(16-18-31)25-7-5-6-8-26(25)37-3/h5-14,19-20H,4,15-18H2,1-3H3. The summed E-state index contributed by atoms with van der Waals surface area (Å²) in [5, 5.41) is 0.844. The van der Waals surface area contributed by atoms with Crippen LogP contribution in [-0.4, -0.2) is 66.2 Å². The number of nitrogens with zero attached hydrogens (tertiary/aromatic N) is 3. The molecule has 3 aromatic carbocycles. The Hall–Kier alpha value is -3.76. The van der Waals surface area contributed by atoms with Crippen LogP contribution in [0.3, 0.4) is 0 Å². The van der Waals surface area contributed by atoms with Crippen molar-refractivity contribution < 1.29 is 22.7 Å². The van der Waals surface area contributed by atoms with Crippen LogP contribution in [0, 0.1) is 0 Å². The van der Waals surface area contributed by atoms with Crippen LogP contribution in [0.2, 0.25) is 0 Å². The van der Waals surface area contributed by atoms with Crippen LogP contribution in [0.5, 0.6) is 11.5 Å². The third-order valence-corrected chi connectivity index (χ3v) is 9.95. The van der Waals surface area contributed by atoms with Crippen molar-refractivity contribution in [2.24, 2.45) is 0 Å². The lowest BCUT2D eigenvalue weighted by Gasteiger charge is -2.36. The van der Waals surface area contributed by atoms with Gasteiger partial charge in [0.05, 0.1) is 35.4 Å². The molecule has 10 heteroatoms. The summed E-state index contributed by atoms with van der Waals surface area (Å²) in [5.74, 6) is 1.42. The van der Waals surface area contributed by atoms with E-state index in [0.717, 1.165) is 34.6 Å². The van der Waals surface area contributed by atoms with Crippen LogP contribution in [0.1, 0.15) is 16.6 Å². The van der Waals surface area contributed by atoms with Gasteiger partial charge in [-0.1, -0.05) is 12.1 Å². The summed E-state index contributed by atoms with van der Waals surface area (Å²) >= 11 is 1.43. The Bertz CT molecular complexity index is 1580. The van der Waals surface area contributed by atoms with Crippen molar-refractivity contribution in [3.8, 4) is 11.5 Å². The minimum Gasteiger partial charge on any atom is -0.497 e. The number of hydrogen-bond donors (Lipinski definition) is 0. The number of carbonyl (C=O) groups excluding carboxylic acids is 1. The van der Waals surface area contributed by atoms with Crippen LogP contribution < -0.4 is 18.7 Å².